The Morgan fingerprint density at radius 3 is 2.44 bits per heavy atom. The molecule has 0 aliphatic rings. The zero-order valence-electron chi connectivity index (χ0n) is 15.7. The molecule has 1 heterocycles. The van der Waals surface area contributed by atoms with Crippen molar-refractivity contribution < 1.29 is 9.53 Å². The SMILES string of the molecule is Cc1ccc(C)c(OCC(=O)Nc2nc(-c3ccc(Cl)cc3)c(C)s2)c1C. The summed E-state index contributed by atoms with van der Waals surface area (Å²) in [4.78, 5) is 17.9. The lowest BCUT2D eigenvalue weighted by Gasteiger charge is -2.13. The molecule has 6 heteroatoms. The van der Waals surface area contributed by atoms with E-state index < -0.39 is 0 Å². The van der Waals surface area contributed by atoms with Gasteiger partial charge in [-0.3, -0.25) is 10.1 Å². The molecule has 0 unspecified atom stereocenters. The lowest BCUT2D eigenvalue weighted by molar-refractivity contribution is -0.118. The maximum atomic E-state index is 12.3. The molecule has 4 nitrogen and oxygen atoms in total. The Balaban J connectivity index is 1.68. The Kier molecular flexibility index (Phi) is 5.82. The van der Waals surface area contributed by atoms with Crippen LogP contribution in [0.5, 0.6) is 5.75 Å². The van der Waals surface area contributed by atoms with Crippen LogP contribution in [-0.4, -0.2) is 17.5 Å². The standard InChI is InChI=1S/C21H21ClN2O2S/c1-12-5-6-13(2)20(14(12)3)26-11-18(25)23-21-24-19(15(4)27-21)16-7-9-17(22)10-8-16/h5-10H,11H2,1-4H3,(H,23,24,25). The van der Waals surface area contributed by atoms with Crippen LogP contribution in [0, 0.1) is 27.7 Å². The van der Waals surface area contributed by atoms with E-state index in [1.807, 2.05) is 64.1 Å². The van der Waals surface area contributed by atoms with Crippen molar-refractivity contribution in [1.29, 1.82) is 0 Å². The number of carbonyl (C=O) groups is 1. The molecule has 0 saturated carbocycles. The van der Waals surface area contributed by atoms with Gasteiger partial charge in [-0.25, -0.2) is 4.98 Å². The van der Waals surface area contributed by atoms with Crippen LogP contribution in [0.3, 0.4) is 0 Å². The van der Waals surface area contributed by atoms with Crippen LogP contribution < -0.4 is 10.1 Å². The maximum Gasteiger partial charge on any atom is 0.264 e. The molecular formula is C21H21ClN2O2S. The van der Waals surface area contributed by atoms with Crippen LogP contribution in [0.4, 0.5) is 5.13 Å². The Hall–Kier alpha value is -2.37. The van der Waals surface area contributed by atoms with Gasteiger partial charge in [0.25, 0.3) is 5.91 Å². The molecule has 0 aliphatic carbocycles. The number of hydrogen-bond donors (Lipinski definition) is 1. The van der Waals surface area contributed by atoms with E-state index in [9.17, 15) is 4.79 Å². The van der Waals surface area contributed by atoms with Crippen LogP contribution in [-0.2, 0) is 4.79 Å². The molecule has 1 N–H and O–H groups in total. The third-order valence-corrected chi connectivity index (χ3v) is 5.52. The Morgan fingerprint density at radius 1 is 1.07 bits per heavy atom. The average molecular weight is 401 g/mol. The lowest BCUT2D eigenvalue weighted by Crippen LogP contribution is -2.20. The van der Waals surface area contributed by atoms with Crippen molar-refractivity contribution in [1.82, 2.24) is 4.98 Å². The van der Waals surface area contributed by atoms with E-state index in [4.69, 9.17) is 16.3 Å². The van der Waals surface area contributed by atoms with Gasteiger partial charge in [-0.15, -0.1) is 11.3 Å². The van der Waals surface area contributed by atoms with Crippen molar-refractivity contribution in [2.24, 2.45) is 0 Å². The quantitative estimate of drug-likeness (QED) is 0.596. The number of halogens is 1. The zero-order valence-corrected chi connectivity index (χ0v) is 17.3. The third kappa shape index (κ3) is 4.49. The molecule has 0 atom stereocenters. The predicted octanol–water partition coefficient (Wildman–Crippen LogP) is 5.71. The first kappa shape index (κ1) is 19.4. The van der Waals surface area contributed by atoms with Crippen LogP contribution in [0.15, 0.2) is 36.4 Å². The third-order valence-electron chi connectivity index (χ3n) is 4.38. The van der Waals surface area contributed by atoms with Gasteiger partial charge in [-0.1, -0.05) is 35.9 Å². The second kappa shape index (κ2) is 8.11. The summed E-state index contributed by atoms with van der Waals surface area (Å²) in [5, 5.41) is 4.06. The molecule has 0 saturated heterocycles. The van der Waals surface area contributed by atoms with Gasteiger partial charge in [-0.05, 0) is 56.5 Å². The number of nitrogens with zero attached hydrogens (tertiary/aromatic N) is 1. The molecule has 140 valence electrons. The summed E-state index contributed by atoms with van der Waals surface area (Å²) in [6.07, 6.45) is 0. The average Bonchev–Trinajstić information content (AvgIpc) is 2.99. The molecule has 0 bridgehead atoms. The van der Waals surface area contributed by atoms with Crippen molar-refractivity contribution in [3.8, 4) is 17.0 Å². The molecule has 27 heavy (non-hydrogen) atoms. The van der Waals surface area contributed by atoms with Gasteiger partial charge < -0.3 is 4.74 Å². The highest BCUT2D eigenvalue weighted by Gasteiger charge is 2.14. The number of hydrogen-bond acceptors (Lipinski definition) is 4. The van der Waals surface area contributed by atoms with Gasteiger partial charge in [0.1, 0.15) is 5.75 Å². The molecule has 0 fully saturated rings. The van der Waals surface area contributed by atoms with E-state index >= 15 is 0 Å². The number of benzene rings is 2. The molecule has 1 amide bonds. The van der Waals surface area contributed by atoms with Gasteiger partial charge >= 0.3 is 0 Å². The topological polar surface area (TPSA) is 51.2 Å². The zero-order chi connectivity index (χ0) is 19.6. The van der Waals surface area contributed by atoms with Gasteiger partial charge in [0.05, 0.1) is 5.69 Å². The number of nitrogens with one attached hydrogen (secondary N) is 1. The largest absolute Gasteiger partial charge is 0.483 e. The molecule has 3 rings (SSSR count). The summed E-state index contributed by atoms with van der Waals surface area (Å²) in [7, 11) is 0. The Labute approximate surface area is 168 Å². The minimum Gasteiger partial charge on any atom is -0.483 e. The van der Waals surface area contributed by atoms with E-state index in [1.54, 1.807) is 0 Å². The number of anilines is 1. The van der Waals surface area contributed by atoms with Gasteiger partial charge in [0, 0.05) is 15.5 Å². The second-order valence-electron chi connectivity index (χ2n) is 6.42. The van der Waals surface area contributed by atoms with Crippen LogP contribution in [0.1, 0.15) is 21.6 Å². The van der Waals surface area contributed by atoms with Crippen molar-refractivity contribution in [3.05, 3.63) is 63.0 Å². The van der Waals surface area contributed by atoms with Crippen LogP contribution >= 0.6 is 22.9 Å². The summed E-state index contributed by atoms with van der Waals surface area (Å²) < 4.78 is 5.77. The first-order chi connectivity index (χ1) is 12.8. The highest BCUT2D eigenvalue weighted by atomic mass is 35.5. The summed E-state index contributed by atoms with van der Waals surface area (Å²) in [5.74, 6) is 0.536. The van der Waals surface area contributed by atoms with Crippen molar-refractivity contribution >= 4 is 34.0 Å². The number of amides is 1. The number of ether oxygens (including phenoxy) is 1. The Morgan fingerprint density at radius 2 is 1.74 bits per heavy atom. The van der Waals surface area contributed by atoms with Gasteiger partial charge in [-0.2, -0.15) is 0 Å². The number of aromatic nitrogens is 1. The van der Waals surface area contributed by atoms with Crippen molar-refractivity contribution in [2.45, 2.75) is 27.7 Å². The molecular weight excluding hydrogens is 380 g/mol. The molecule has 2 aromatic carbocycles. The normalized spacial score (nSPS) is 10.7. The summed E-state index contributed by atoms with van der Waals surface area (Å²) in [6, 6.07) is 11.5. The fraction of sp³-hybridized carbons (Fsp3) is 0.238. The van der Waals surface area contributed by atoms with E-state index in [0.717, 1.165) is 38.6 Å². The maximum absolute atomic E-state index is 12.3. The number of carbonyl (C=O) groups excluding carboxylic acids is 1. The van der Waals surface area contributed by atoms with Gasteiger partial charge in [0.15, 0.2) is 11.7 Å². The number of aryl methyl sites for hydroxylation is 3. The predicted molar refractivity (Wildman–Crippen MR) is 112 cm³/mol. The Bertz CT molecular complexity index is 981. The number of rotatable bonds is 5. The summed E-state index contributed by atoms with van der Waals surface area (Å²) in [6.45, 7) is 7.92. The highest BCUT2D eigenvalue weighted by molar-refractivity contribution is 7.16. The monoisotopic (exact) mass is 400 g/mol. The smallest absolute Gasteiger partial charge is 0.264 e. The van der Waals surface area contributed by atoms with Crippen molar-refractivity contribution in [2.75, 3.05) is 11.9 Å². The summed E-state index contributed by atoms with van der Waals surface area (Å²) in [5.41, 5.74) is 5.02. The van der Waals surface area contributed by atoms with E-state index in [0.29, 0.717) is 10.2 Å². The van der Waals surface area contributed by atoms with E-state index in [2.05, 4.69) is 10.3 Å². The molecule has 0 spiro atoms. The molecule has 0 aliphatic heterocycles. The van der Waals surface area contributed by atoms with E-state index in [-0.39, 0.29) is 12.5 Å². The molecule has 0 radical (unpaired) electrons. The molecule has 1 aromatic heterocycles. The first-order valence-electron chi connectivity index (χ1n) is 8.58. The fourth-order valence-corrected chi connectivity index (χ4v) is 3.74. The molecule has 3 aromatic rings. The second-order valence-corrected chi connectivity index (χ2v) is 8.06. The van der Waals surface area contributed by atoms with Crippen molar-refractivity contribution in [3.63, 3.8) is 0 Å². The summed E-state index contributed by atoms with van der Waals surface area (Å²) >= 11 is 7.38. The first-order valence-corrected chi connectivity index (χ1v) is 9.77. The van der Waals surface area contributed by atoms with Gasteiger partial charge in [0.2, 0.25) is 0 Å². The lowest BCUT2D eigenvalue weighted by atomic mass is 10.1. The highest BCUT2D eigenvalue weighted by Crippen LogP contribution is 2.31. The fourth-order valence-electron chi connectivity index (χ4n) is 2.77. The minimum atomic E-state index is -0.230. The van der Waals surface area contributed by atoms with E-state index in [1.165, 1.54) is 11.3 Å². The van der Waals surface area contributed by atoms with Crippen LogP contribution in [0.2, 0.25) is 5.02 Å². The van der Waals surface area contributed by atoms with Crippen LogP contribution in [0.25, 0.3) is 11.3 Å². The number of thiazole rings is 1. The minimum absolute atomic E-state index is 0.0555.